The van der Waals surface area contributed by atoms with Gasteiger partial charge in [0.1, 0.15) is 0 Å². The average molecular weight is 356 g/mol. The molecule has 2 saturated heterocycles. The zero-order valence-corrected chi connectivity index (χ0v) is 14.9. The normalized spacial score (nSPS) is 29.6. The lowest BCUT2D eigenvalue weighted by molar-refractivity contribution is 0.0215. The van der Waals surface area contributed by atoms with Crippen LogP contribution in [0.15, 0.2) is 12.4 Å². The van der Waals surface area contributed by atoms with Crippen LogP contribution in [0.1, 0.15) is 31.4 Å². The summed E-state index contributed by atoms with van der Waals surface area (Å²) in [6.45, 7) is 3.31. The van der Waals surface area contributed by atoms with E-state index in [0.717, 1.165) is 18.4 Å². The van der Waals surface area contributed by atoms with Gasteiger partial charge in [0.15, 0.2) is 9.84 Å². The molecule has 2 aliphatic rings. The fourth-order valence-corrected chi connectivity index (χ4v) is 4.77. The summed E-state index contributed by atoms with van der Waals surface area (Å²) >= 11 is 0. The van der Waals surface area contributed by atoms with Crippen LogP contribution in [0.3, 0.4) is 0 Å². The van der Waals surface area contributed by atoms with Crippen molar-refractivity contribution in [3.8, 4) is 0 Å². The summed E-state index contributed by atoms with van der Waals surface area (Å²) in [5.41, 5.74) is 0.403. The molecule has 1 N–H and O–H groups in total. The topological polar surface area (TPSA) is 93.5 Å². The molecule has 0 bridgehead atoms. The van der Waals surface area contributed by atoms with E-state index in [1.165, 1.54) is 0 Å². The number of ether oxygens (including phenoxy) is 1. The SMILES string of the molecule is Cn1cc([C@@H]2CS(=O)(=O)CCN2C(=O)NC[C@@]2(C)CCCO2)cn1. The summed E-state index contributed by atoms with van der Waals surface area (Å²) in [6, 6.07) is -0.759. The van der Waals surface area contributed by atoms with Gasteiger partial charge in [0.05, 0.1) is 29.3 Å². The molecular weight excluding hydrogens is 332 g/mol. The predicted octanol–water partition coefficient (Wildman–Crippen LogP) is 0.470. The zero-order valence-electron chi connectivity index (χ0n) is 14.1. The summed E-state index contributed by atoms with van der Waals surface area (Å²) in [5.74, 6) is -0.0785. The first-order valence-electron chi connectivity index (χ1n) is 8.15. The van der Waals surface area contributed by atoms with Crippen molar-refractivity contribution in [1.82, 2.24) is 20.0 Å². The Hall–Kier alpha value is -1.61. The van der Waals surface area contributed by atoms with Gasteiger partial charge in [-0.2, -0.15) is 5.10 Å². The van der Waals surface area contributed by atoms with E-state index in [9.17, 15) is 13.2 Å². The van der Waals surface area contributed by atoms with Gasteiger partial charge in [-0.15, -0.1) is 0 Å². The number of rotatable bonds is 3. The molecule has 0 spiro atoms. The Balaban J connectivity index is 1.72. The quantitative estimate of drug-likeness (QED) is 0.850. The number of carbonyl (C=O) groups excluding carboxylic acids is 1. The summed E-state index contributed by atoms with van der Waals surface area (Å²) in [5, 5.41) is 7.01. The van der Waals surface area contributed by atoms with Crippen molar-refractivity contribution >= 4 is 15.9 Å². The maximum Gasteiger partial charge on any atom is 0.318 e. The number of amides is 2. The first kappa shape index (κ1) is 17.2. The third-order valence-electron chi connectivity index (χ3n) is 4.72. The summed E-state index contributed by atoms with van der Waals surface area (Å²) in [7, 11) is -1.40. The van der Waals surface area contributed by atoms with Gasteiger partial charge >= 0.3 is 6.03 Å². The van der Waals surface area contributed by atoms with E-state index in [4.69, 9.17) is 4.74 Å². The van der Waals surface area contributed by atoms with Gasteiger partial charge in [-0.1, -0.05) is 0 Å². The van der Waals surface area contributed by atoms with E-state index in [-0.39, 0.29) is 29.7 Å². The Morgan fingerprint density at radius 3 is 2.96 bits per heavy atom. The molecule has 0 aliphatic carbocycles. The van der Waals surface area contributed by atoms with Crippen molar-refractivity contribution in [2.45, 2.75) is 31.4 Å². The molecule has 0 unspecified atom stereocenters. The van der Waals surface area contributed by atoms with Crippen molar-refractivity contribution < 1.29 is 17.9 Å². The molecule has 2 atom stereocenters. The number of aryl methyl sites for hydroxylation is 1. The Kier molecular flexibility index (Phi) is 4.56. The van der Waals surface area contributed by atoms with Crippen LogP contribution in [0.5, 0.6) is 0 Å². The second kappa shape index (κ2) is 6.36. The van der Waals surface area contributed by atoms with Gasteiger partial charge in [0.25, 0.3) is 0 Å². The molecule has 2 aliphatic heterocycles. The molecule has 0 aromatic carbocycles. The van der Waals surface area contributed by atoms with Crippen molar-refractivity contribution in [1.29, 1.82) is 0 Å². The van der Waals surface area contributed by atoms with E-state index in [1.807, 2.05) is 6.92 Å². The highest BCUT2D eigenvalue weighted by atomic mass is 32.2. The van der Waals surface area contributed by atoms with Crippen molar-refractivity contribution in [2.24, 2.45) is 7.05 Å². The summed E-state index contributed by atoms with van der Waals surface area (Å²) in [4.78, 5) is 14.2. The first-order chi connectivity index (χ1) is 11.3. The first-order valence-corrected chi connectivity index (χ1v) is 9.98. The number of sulfone groups is 1. The fourth-order valence-electron chi connectivity index (χ4n) is 3.28. The van der Waals surface area contributed by atoms with E-state index in [0.29, 0.717) is 13.2 Å². The smallest absolute Gasteiger partial charge is 0.318 e. The Morgan fingerprint density at radius 2 is 2.33 bits per heavy atom. The molecule has 0 saturated carbocycles. The average Bonchev–Trinajstić information content (AvgIpc) is 3.13. The highest BCUT2D eigenvalue weighted by Crippen LogP contribution is 2.27. The maximum absolute atomic E-state index is 12.6. The van der Waals surface area contributed by atoms with Gasteiger partial charge < -0.3 is 15.0 Å². The van der Waals surface area contributed by atoms with Crippen LogP contribution in [-0.2, 0) is 21.6 Å². The minimum Gasteiger partial charge on any atom is -0.373 e. The molecular formula is C15H24N4O4S. The second-order valence-electron chi connectivity index (χ2n) is 6.83. The number of nitrogens with one attached hydrogen (secondary N) is 1. The third-order valence-corrected chi connectivity index (χ3v) is 6.34. The third kappa shape index (κ3) is 3.72. The van der Waals surface area contributed by atoms with Crippen molar-refractivity contribution in [3.05, 3.63) is 18.0 Å². The number of urea groups is 1. The molecule has 24 heavy (non-hydrogen) atoms. The maximum atomic E-state index is 12.6. The van der Waals surface area contributed by atoms with E-state index in [1.54, 1.807) is 29.0 Å². The highest BCUT2D eigenvalue weighted by Gasteiger charge is 2.37. The van der Waals surface area contributed by atoms with Gasteiger partial charge in [0.2, 0.25) is 0 Å². The van der Waals surface area contributed by atoms with Crippen LogP contribution >= 0.6 is 0 Å². The van der Waals surface area contributed by atoms with Crippen LogP contribution in [0.4, 0.5) is 4.79 Å². The van der Waals surface area contributed by atoms with E-state index in [2.05, 4.69) is 10.4 Å². The monoisotopic (exact) mass is 356 g/mol. The lowest BCUT2D eigenvalue weighted by Gasteiger charge is -2.36. The Bertz CT molecular complexity index is 709. The van der Waals surface area contributed by atoms with Gasteiger partial charge in [0, 0.05) is 38.5 Å². The second-order valence-corrected chi connectivity index (χ2v) is 9.06. The van der Waals surface area contributed by atoms with Gasteiger partial charge in [-0.05, 0) is 19.8 Å². The molecule has 134 valence electrons. The molecule has 9 heteroatoms. The largest absolute Gasteiger partial charge is 0.373 e. The minimum atomic E-state index is -3.16. The van der Waals surface area contributed by atoms with Crippen LogP contribution in [0.25, 0.3) is 0 Å². The Morgan fingerprint density at radius 1 is 1.54 bits per heavy atom. The van der Waals surface area contributed by atoms with Gasteiger partial charge in [-0.25, -0.2) is 13.2 Å². The van der Waals surface area contributed by atoms with Gasteiger partial charge in [-0.3, -0.25) is 4.68 Å². The molecule has 2 amide bonds. The van der Waals surface area contributed by atoms with Crippen LogP contribution in [0.2, 0.25) is 0 Å². The highest BCUT2D eigenvalue weighted by molar-refractivity contribution is 7.91. The van der Waals surface area contributed by atoms with Crippen LogP contribution in [0, 0.1) is 0 Å². The number of aromatic nitrogens is 2. The fraction of sp³-hybridized carbons (Fsp3) is 0.733. The molecule has 0 radical (unpaired) electrons. The van der Waals surface area contributed by atoms with Crippen molar-refractivity contribution in [3.63, 3.8) is 0 Å². The Labute approximate surface area is 142 Å². The van der Waals surface area contributed by atoms with Crippen LogP contribution < -0.4 is 5.32 Å². The molecule has 8 nitrogen and oxygen atoms in total. The number of hydrogen-bond donors (Lipinski definition) is 1. The number of carbonyl (C=O) groups is 1. The predicted molar refractivity (Wildman–Crippen MR) is 88.3 cm³/mol. The molecule has 1 aromatic rings. The minimum absolute atomic E-state index is 0.00898. The molecule has 2 fully saturated rings. The molecule has 3 heterocycles. The van der Waals surface area contributed by atoms with E-state index < -0.39 is 15.9 Å². The van der Waals surface area contributed by atoms with E-state index >= 15 is 0 Å². The molecule has 3 rings (SSSR count). The summed E-state index contributed by atoms with van der Waals surface area (Å²) in [6.07, 6.45) is 5.28. The number of nitrogens with zero attached hydrogens (tertiary/aromatic N) is 3. The van der Waals surface area contributed by atoms with Crippen LogP contribution in [-0.4, -0.2) is 65.9 Å². The summed E-state index contributed by atoms with van der Waals surface area (Å²) < 4.78 is 31.3. The lowest BCUT2D eigenvalue weighted by atomic mass is 10.0. The standard InChI is InChI=1S/C15H24N4O4S/c1-15(4-3-6-23-15)11-16-14(20)19-5-7-24(21,22)10-13(19)12-8-17-18(2)9-12/h8-9,13H,3-7,10-11H2,1-2H3,(H,16,20)/t13-,15+/m0/s1. The number of hydrogen-bond acceptors (Lipinski definition) is 5. The van der Waals surface area contributed by atoms with Crippen molar-refractivity contribution in [2.75, 3.05) is 31.2 Å². The zero-order chi connectivity index (χ0) is 17.4. The lowest BCUT2D eigenvalue weighted by Crippen LogP contribution is -2.52. The molecule has 1 aromatic heterocycles.